The van der Waals surface area contributed by atoms with Gasteiger partial charge in [0.2, 0.25) is 0 Å². The van der Waals surface area contributed by atoms with Crippen LogP contribution in [0.5, 0.6) is 0 Å². The second-order valence-corrected chi connectivity index (χ2v) is 14.1. The van der Waals surface area contributed by atoms with Gasteiger partial charge in [0.15, 0.2) is 0 Å². The normalized spacial score (nSPS) is 11.6. The van der Waals surface area contributed by atoms with Gasteiger partial charge in [0.1, 0.15) is 0 Å². The molecule has 55 heavy (non-hydrogen) atoms. The summed E-state index contributed by atoms with van der Waals surface area (Å²) in [6.45, 7) is 0. The molecule has 0 unspecified atom stereocenters. The first-order valence-corrected chi connectivity index (χ1v) is 18.3. The first-order chi connectivity index (χ1) is 27.2. The maximum absolute atomic E-state index is 10.3. The van der Waals surface area contributed by atoms with Crippen molar-refractivity contribution >= 4 is 65.4 Å². The summed E-state index contributed by atoms with van der Waals surface area (Å²) < 4.78 is 6.90. The fourth-order valence-corrected chi connectivity index (χ4v) is 8.69. The lowest BCUT2D eigenvalue weighted by atomic mass is 10.0. The molecule has 0 saturated carbocycles. The Balaban J connectivity index is 1.14. The second-order valence-electron chi connectivity index (χ2n) is 14.1. The summed E-state index contributed by atoms with van der Waals surface area (Å²) in [5.41, 5.74) is 12.7. The summed E-state index contributed by atoms with van der Waals surface area (Å²) in [5, 5.41) is 27.1. The number of rotatable bonds is 4. The highest BCUT2D eigenvalue weighted by Gasteiger charge is 2.18. The molecule has 0 amide bonds. The Bertz CT molecular complexity index is 3360. The summed E-state index contributed by atoms with van der Waals surface area (Å²) >= 11 is 0. The number of nitrogens with zero attached hydrogens (tertiary/aromatic N) is 5. The molecule has 0 aliphatic rings. The van der Waals surface area contributed by atoms with Crippen molar-refractivity contribution in [2.24, 2.45) is 0 Å². The van der Waals surface area contributed by atoms with Gasteiger partial charge < -0.3 is 13.7 Å². The average molecular weight is 700 g/mol. The number of benzene rings is 8. The summed E-state index contributed by atoms with van der Waals surface area (Å²) in [7, 11) is 0. The molecule has 0 bridgehead atoms. The lowest BCUT2D eigenvalue weighted by Crippen LogP contribution is -1.98. The Labute approximate surface area is 316 Å². The van der Waals surface area contributed by atoms with Crippen molar-refractivity contribution in [3.8, 4) is 40.3 Å². The summed E-state index contributed by atoms with van der Waals surface area (Å²) in [5.74, 6) is 0. The van der Waals surface area contributed by atoms with E-state index in [1.54, 1.807) is 0 Å². The third-order valence-electron chi connectivity index (χ3n) is 11.0. The van der Waals surface area contributed by atoms with Crippen LogP contribution in [0.1, 0.15) is 11.1 Å². The number of hydrogen-bond acceptors (Lipinski definition) is 2. The monoisotopic (exact) mass is 699 g/mol. The third-order valence-corrected chi connectivity index (χ3v) is 11.0. The van der Waals surface area contributed by atoms with Crippen molar-refractivity contribution in [1.29, 1.82) is 10.5 Å². The van der Waals surface area contributed by atoms with Gasteiger partial charge in [0.05, 0.1) is 56.4 Å². The molecule has 3 heterocycles. The minimum absolute atomic E-state index is 0.594. The lowest BCUT2D eigenvalue weighted by molar-refractivity contribution is 1.15. The summed E-state index contributed by atoms with van der Waals surface area (Å²) in [6.07, 6.45) is 0. The van der Waals surface area contributed by atoms with Gasteiger partial charge >= 0.3 is 0 Å². The van der Waals surface area contributed by atoms with E-state index in [-0.39, 0.29) is 0 Å². The van der Waals surface area contributed by atoms with Crippen molar-refractivity contribution < 1.29 is 0 Å². The Morgan fingerprint density at radius 3 is 1.38 bits per heavy atom. The highest BCUT2D eigenvalue weighted by atomic mass is 15.0. The van der Waals surface area contributed by atoms with E-state index in [4.69, 9.17) is 0 Å². The summed E-state index contributed by atoms with van der Waals surface area (Å²) in [4.78, 5) is 0. The van der Waals surface area contributed by atoms with E-state index < -0.39 is 0 Å². The van der Waals surface area contributed by atoms with Crippen LogP contribution in [-0.4, -0.2) is 13.7 Å². The molecular formula is C50H29N5. The van der Waals surface area contributed by atoms with Crippen LogP contribution in [0.25, 0.3) is 93.6 Å². The lowest BCUT2D eigenvalue weighted by Gasteiger charge is -2.14. The van der Waals surface area contributed by atoms with Gasteiger partial charge in [-0.2, -0.15) is 10.5 Å². The minimum Gasteiger partial charge on any atom is -0.309 e. The molecule has 5 nitrogen and oxygen atoms in total. The first kappa shape index (κ1) is 30.7. The van der Waals surface area contributed by atoms with Crippen LogP contribution < -0.4 is 0 Å². The molecular weight excluding hydrogens is 671 g/mol. The van der Waals surface area contributed by atoms with Gasteiger partial charge in [0.25, 0.3) is 0 Å². The van der Waals surface area contributed by atoms with E-state index in [1.807, 2.05) is 24.3 Å². The molecule has 0 spiro atoms. The molecule has 8 aromatic carbocycles. The SMILES string of the molecule is N#Cc1cc(-c2cccc(-n3c4ccc(C#N)cc4c4ccc(-n5c6ccccc6c6ccccc65)cc43)c2)cc(-n2c3ccccc3c3ccccc32)c1. The van der Waals surface area contributed by atoms with E-state index in [1.165, 1.54) is 21.5 Å². The van der Waals surface area contributed by atoms with Gasteiger partial charge in [0, 0.05) is 49.4 Å². The van der Waals surface area contributed by atoms with Crippen LogP contribution in [0.2, 0.25) is 0 Å². The number of nitriles is 2. The maximum Gasteiger partial charge on any atom is 0.0992 e. The fraction of sp³-hybridized carbons (Fsp3) is 0. The number of hydrogen-bond donors (Lipinski definition) is 0. The number of para-hydroxylation sites is 4. The molecule has 0 N–H and O–H groups in total. The predicted molar refractivity (Wildman–Crippen MR) is 224 cm³/mol. The average Bonchev–Trinajstić information content (AvgIpc) is 3.88. The maximum atomic E-state index is 10.3. The van der Waals surface area contributed by atoms with Crippen LogP contribution in [0.15, 0.2) is 176 Å². The predicted octanol–water partition coefficient (Wildman–Crippen LogP) is 12.4. The second kappa shape index (κ2) is 11.8. The fourth-order valence-electron chi connectivity index (χ4n) is 8.69. The van der Waals surface area contributed by atoms with Crippen LogP contribution in [0, 0.1) is 22.7 Å². The zero-order chi connectivity index (χ0) is 36.6. The van der Waals surface area contributed by atoms with Gasteiger partial charge in [-0.15, -0.1) is 0 Å². The quantitative estimate of drug-likeness (QED) is 0.184. The first-order valence-electron chi connectivity index (χ1n) is 18.3. The molecule has 0 aliphatic heterocycles. The largest absolute Gasteiger partial charge is 0.309 e. The van der Waals surface area contributed by atoms with Gasteiger partial charge in [-0.05, 0) is 96.1 Å². The van der Waals surface area contributed by atoms with Crippen LogP contribution in [0.4, 0.5) is 0 Å². The van der Waals surface area contributed by atoms with Crippen LogP contribution in [0.3, 0.4) is 0 Å². The molecule has 11 aromatic rings. The molecule has 5 heteroatoms. The topological polar surface area (TPSA) is 62.4 Å². The van der Waals surface area contributed by atoms with Crippen molar-refractivity contribution in [1.82, 2.24) is 13.7 Å². The van der Waals surface area contributed by atoms with Gasteiger partial charge in [-0.1, -0.05) is 91.0 Å². The highest BCUT2D eigenvalue weighted by molar-refractivity contribution is 6.12. The van der Waals surface area contributed by atoms with E-state index in [0.29, 0.717) is 11.1 Å². The molecule has 0 saturated heterocycles. The zero-order valence-electron chi connectivity index (χ0n) is 29.5. The number of aromatic nitrogens is 3. The van der Waals surface area contributed by atoms with Crippen molar-refractivity contribution in [2.45, 2.75) is 0 Å². The Hall–Kier alpha value is -7.86. The van der Waals surface area contributed by atoms with E-state index >= 15 is 0 Å². The van der Waals surface area contributed by atoms with Crippen LogP contribution in [-0.2, 0) is 0 Å². The van der Waals surface area contributed by atoms with Crippen molar-refractivity contribution in [3.63, 3.8) is 0 Å². The van der Waals surface area contributed by atoms with E-state index in [0.717, 1.165) is 72.1 Å². The van der Waals surface area contributed by atoms with Crippen molar-refractivity contribution in [2.75, 3.05) is 0 Å². The van der Waals surface area contributed by atoms with Crippen molar-refractivity contribution in [3.05, 3.63) is 187 Å². The van der Waals surface area contributed by atoms with Crippen LogP contribution >= 0.6 is 0 Å². The smallest absolute Gasteiger partial charge is 0.0992 e. The Morgan fingerprint density at radius 1 is 0.291 bits per heavy atom. The minimum atomic E-state index is 0.594. The zero-order valence-corrected chi connectivity index (χ0v) is 29.5. The highest BCUT2D eigenvalue weighted by Crippen LogP contribution is 2.39. The molecule has 0 fully saturated rings. The number of fused-ring (bicyclic) bond motifs is 9. The Kier molecular flexibility index (Phi) is 6.61. The standard InChI is InChI=1S/C50H29N5/c51-30-32-20-23-49-44(26-32)43-22-21-37(53-45-16-5-1-12-39(45)40-13-2-6-17-46(40)53)29-50(43)54(49)36-11-9-10-34(27-36)35-24-33(31-52)25-38(28-35)55-47-18-7-3-14-41(47)42-15-4-8-19-48(42)55/h1-29H. The molecule has 0 aliphatic carbocycles. The van der Waals surface area contributed by atoms with Gasteiger partial charge in [-0.25, -0.2) is 0 Å². The Morgan fingerprint density at radius 2 is 0.782 bits per heavy atom. The van der Waals surface area contributed by atoms with E-state index in [2.05, 4.69) is 177 Å². The summed E-state index contributed by atoms with van der Waals surface area (Å²) in [6, 6.07) is 66.0. The van der Waals surface area contributed by atoms with E-state index in [9.17, 15) is 10.5 Å². The molecule has 0 atom stereocenters. The molecule has 3 aromatic heterocycles. The molecule has 254 valence electrons. The third kappa shape index (κ3) is 4.58. The van der Waals surface area contributed by atoms with Gasteiger partial charge in [-0.3, -0.25) is 0 Å². The molecule has 11 rings (SSSR count). The molecule has 0 radical (unpaired) electrons.